The molecule has 0 bridgehead atoms. The zero-order valence-corrected chi connectivity index (χ0v) is 24.0. The number of methoxy groups -OCH3 is 2. The van der Waals surface area contributed by atoms with Gasteiger partial charge in [-0.15, -0.1) is 0 Å². The van der Waals surface area contributed by atoms with Gasteiger partial charge in [0.05, 0.1) is 37.0 Å². The minimum absolute atomic E-state index is 0.168. The SMILES string of the molecule is C=O.CC.COc1ccc(CN(c2ccccc2N2CCCCC2)S(=O)(=O)c2ccc(C)cc2)cc1OC. The molecule has 1 saturated heterocycles. The van der Waals surface area contributed by atoms with E-state index in [4.69, 9.17) is 14.3 Å². The van der Waals surface area contributed by atoms with Crippen LogP contribution in [0.2, 0.25) is 0 Å². The second-order valence-electron chi connectivity index (χ2n) is 8.55. The Kier molecular flexibility index (Phi) is 12.1. The molecule has 8 heteroatoms. The first-order chi connectivity index (χ1) is 18.4. The number of piperidine rings is 1. The summed E-state index contributed by atoms with van der Waals surface area (Å²) in [5.74, 6) is 1.17. The van der Waals surface area contributed by atoms with Crippen molar-refractivity contribution in [1.82, 2.24) is 0 Å². The van der Waals surface area contributed by atoms with Gasteiger partial charge in [0.1, 0.15) is 6.79 Å². The molecule has 4 rings (SSSR count). The third-order valence-corrected chi connectivity index (χ3v) is 8.00. The Morgan fingerprint density at radius 1 is 0.842 bits per heavy atom. The van der Waals surface area contributed by atoms with Gasteiger partial charge in [-0.3, -0.25) is 4.31 Å². The molecule has 206 valence electrons. The molecular formula is C30H40N2O5S. The highest BCUT2D eigenvalue weighted by molar-refractivity contribution is 7.92. The van der Waals surface area contributed by atoms with Gasteiger partial charge in [-0.25, -0.2) is 8.42 Å². The molecule has 0 atom stereocenters. The lowest BCUT2D eigenvalue weighted by molar-refractivity contribution is -0.0980. The van der Waals surface area contributed by atoms with Gasteiger partial charge in [-0.05, 0) is 68.1 Å². The van der Waals surface area contributed by atoms with Crippen molar-refractivity contribution in [3.63, 3.8) is 0 Å². The van der Waals surface area contributed by atoms with Gasteiger partial charge in [-0.2, -0.15) is 0 Å². The van der Waals surface area contributed by atoms with Crippen LogP contribution in [-0.4, -0.2) is 42.5 Å². The predicted molar refractivity (Wildman–Crippen MR) is 155 cm³/mol. The van der Waals surface area contributed by atoms with Crippen LogP contribution >= 0.6 is 0 Å². The summed E-state index contributed by atoms with van der Waals surface area (Å²) in [5, 5.41) is 0. The van der Waals surface area contributed by atoms with E-state index in [0.29, 0.717) is 17.2 Å². The maximum absolute atomic E-state index is 14.0. The fraction of sp³-hybridized carbons (Fsp3) is 0.367. The molecular weight excluding hydrogens is 500 g/mol. The molecule has 0 saturated carbocycles. The van der Waals surface area contributed by atoms with E-state index in [1.165, 1.54) is 10.7 Å². The molecule has 3 aromatic rings. The van der Waals surface area contributed by atoms with Crippen LogP contribution in [0.4, 0.5) is 11.4 Å². The van der Waals surface area contributed by atoms with Crippen LogP contribution in [0.3, 0.4) is 0 Å². The second-order valence-corrected chi connectivity index (χ2v) is 10.4. The van der Waals surface area contributed by atoms with Gasteiger partial charge in [0, 0.05) is 13.1 Å². The molecule has 0 spiro atoms. The maximum Gasteiger partial charge on any atom is 0.264 e. The van der Waals surface area contributed by atoms with Crippen molar-refractivity contribution in [1.29, 1.82) is 0 Å². The number of hydrogen-bond acceptors (Lipinski definition) is 6. The van der Waals surface area contributed by atoms with E-state index in [1.807, 2.05) is 76.1 Å². The lowest BCUT2D eigenvalue weighted by atomic mass is 10.1. The van der Waals surface area contributed by atoms with Gasteiger partial charge in [0.25, 0.3) is 10.0 Å². The number of nitrogens with zero attached hydrogens (tertiary/aromatic N) is 2. The van der Waals surface area contributed by atoms with Gasteiger partial charge in [0.15, 0.2) is 11.5 Å². The number of hydrogen-bond donors (Lipinski definition) is 0. The van der Waals surface area contributed by atoms with Crippen molar-refractivity contribution >= 4 is 28.2 Å². The third kappa shape index (κ3) is 7.28. The van der Waals surface area contributed by atoms with Crippen LogP contribution < -0.4 is 18.7 Å². The number of ether oxygens (including phenoxy) is 2. The molecule has 38 heavy (non-hydrogen) atoms. The van der Waals surface area contributed by atoms with Crippen LogP contribution in [0.25, 0.3) is 0 Å². The lowest BCUT2D eigenvalue weighted by Gasteiger charge is -2.34. The molecule has 0 unspecified atom stereocenters. The second kappa shape index (κ2) is 15.0. The normalized spacial score (nSPS) is 12.8. The van der Waals surface area contributed by atoms with Crippen molar-refractivity contribution in [2.24, 2.45) is 0 Å². The van der Waals surface area contributed by atoms with Crippen molar-refractivity contribution in [2.75, 3.05) is 36.5 Å². The number of anilines is 2. The molecule has 0 aromatic heterocycles. The minimum atomic E-state index is -3.83. The van der Waals surface area contributed by atoms with Crippen LogP contribution in [0.1, 0.15) is 44.2 Å². The Bertz CT molecular complexity index is 1240. The van der Waals surface area contributed by atoms with Gasteiger partial charge in [-0.1, -0.05) is 49.7 Å². The van der Waals surface area contributed by atoms with Gasteiger partial charge >= 0.3 is 0 Å². The molecule has 0 amide bonds. The Hall–Kier alpha value is -3.52. The van der Waals surface area contributed by atoms with Crippen molar-refractivity contribution < 1.29 is 22.7 Å². The highest BCUT2D eigenvalue weighted by atomic mass is 32.2. The topological polar surface area (TPSA) is 76.2 Å². The van der Waals surface area contributed by atoms with Gasteiger partial charge < -0.3 is 19.2 Å². The first-order valence-electron chi connectivity index (χ1n) is 12.9. The summed E-state index contributed by atoms with van der Waals surface area (Å²) in [7, 11) is -0.670. The number of carbonyl (C=O) groups excluding carboxylic acids is 1. The number of sulfonamides is 1. The Morgan fingerprint density at radius 3 is 2.05 bits per heavy atom. The summed E-state index contributed by atoms with van der Waals surface area (Å²) in [6.07, 6.45) is 3.42. The highest BCUT2D eigenvalue weighted by Crippen LogP contribution is 2.37. The molecule has 1 aliphatic heterocycles. The summed E-state index contributed by atoms with van der Waals surface area (Å²) < 4.78 is 40.4. The first kappa shape index (κ1) is 30.7. The first-order valence-corrected chi connectivity index (χ1v) is 14.3. The quantitative estimate of drug-likeness (QED) is 0.337. The summed E-state index contributed by atoms with van der Waals surface area (Å²) in [6, 6.07) is 20.3. The Morgan fingerprint density at radius 2 is 1.45 bits per heavy atom. The van der Waals surface area contributed by atoms with Crippen molar-refractivity contribution in [2.45, 2.75) is 51.5 Å². The number of aryl methyl sites for hydroxylation is 1. The monoisotopic (exact) mass is 540 g/mol. The van der Waals surface area contributed by atoms with Gasteiger partial charge in [0.2, 0.25) is 0 Å². The highest BCUT2D eigenvalue weighted by Gasteiger charge is 2.29. The van der Waals surface area contributed by atoms with E-state index in [0.717, 1.165) is 42.7 Å². The van der Waals surface area contributed by atoms with E-state index in [-0.39, 0.29) is 11.4 Å². The number of rotatable bonds is 8. The predicted octanol–water partition coefficient (Wildman–Crippen LogP) is 6.24. The summed E-state index contributed by atoms with van der Waals surface area (Å²) in [6.45, 7) is 9.96. The maximum atomic E-state index is 14.0. The van der Waals surface area contributed by atoms with Crippen LogP contribution in [0.5, 0.6) is 11.5 Å². The Labute approximate surface area is 228 Å². The smallest absolute Gasteiger partial charge is 0.264 e. The molecule has 1 fully saturated rings. The van der Waals surface area contributed by atoms with E-state index < -0.39 is 10.0 Å². The van der Waals surface area contributed by atoms with Crippen LogP contribution in [0, 0.1) is 6.92 Å². The molecule has 1 heterocycles. The Balaban J connectivity index is 0.00000121. The van der Waals surface area contributed by atoms with E-state index in [1.54, 1.807) is 32.4 Å². The minimum Gasteiger partial charge on any atom is -0.493 e. The van der Waals surface area contributed by atoms with E-state index in [9.17, 15) is 8.42 Å². The van der Waals surface area contributed by atoms with E-state index >= 15 is 0 Å². The average molecular weight is 541 g/mol. The standard InChI is InChI=1S/C27H32N2O4S.C2H6.CH2O/c1-21-11-14-23(15-12-21)34(30,31)29(20-22-13-16-26(32-2)27(19-22)33-3)25-10-6-5-9-24(25)28-17-7-4-8-18-28;2*1-2/h5-6,9-16,19H,4,7-8,17-18,20H2,1-3H3;1-2H3;1H2. The zero-order valence-electron chi connectivity index (χ0n) is 23.1. The summed E-state index contributed by atoms with van der Waals surface area (Å²) in [4.78, 5) is 10.6. The van der Waals surface area contributed by atoms with Crippen molar-refractivity contribution in [3.05, 3.63) is 77.9 Å². The van der Waals surface area contributed by atoms with E-state index in [2.05, 4.69) is 4.90 Å². The third-order valence-electron chi connectivity index (χ3n) is 6.23. The molecule has 3 aromatic carbocycles. The molecule has 7 nitrogen and oxygen atoms in total. The molecule has 1 aliphatic rings. The number of para-hydroxylation sites is 2. The average Bonchev–Trinajstić information content (AvgIpc) is 2.98. The zero-order chi connectivity index (χ0) is 28.1. The van der Waals surface area contributed by atoms with Crippen LogP contribution in [0.15, 0.2) is 71.6 Å². The fourth-order valence-electron chi connectivity index (χ4n) is 4.36. The van der Waals surface area contributed by atoms with Crippen LogP contribution in [-0.2, 0) is 21.4 Å². The largest absolute Gasteiger partial charge is 0.493 e. The molecule has 0 aliphatic carbocycles. The molecule has 0 radical (unpaired) electrons. The summed E-state index contributed by atoms with van der Waals surface area (Å²) in [5.41, 5.74) is 3.44. The lowest BCUT2D eigenvalue weighted by Crippen LogP contribution is -2.35. The number of benzene rings is 3. The van der Waals surface area contributed by atoms with Crippen molar-refractivity contribution in [3.8, 4) is 11.5 Å². The fourth-order valence-corrected chi connectivity index (χ4v) is 5.83. The summed E-state index contributed by atoms with van der Waals surface area (Å²) >= 11 is 0. The molecule has 0 N–H and O–H groups in total. The number of carbonyl (C=O) groups is 1.